The maximum Gasteiger partial charge on any atom is 0.251 e. The first-order chi connectivity index (χ1) is 9.20. The molecule has 1 aliphatic rings. The fourth-order valence-corrected chi connectivity index (χ4v) is 1.81. The van der Waals surface area contributed by atoms with Crippen LogP contribution in [0.1, 0.15) is 10.4 Å². The highest BCUT2D eigenvalue weighted by Crippen LogP contribution is 2.10. The van der Waals surface area contributed by atoms with Crippen molar-refractivity contribution < 1.29 is 14.3 Å². The van der Waals surface area contributed by atoms with Crippen LogP contribution in [0.15, 0.2) is 24.3 Å². The molecule has 0 radical (unpaired) electrons. The first-order valence-corrected chi connectivity index (χ1v) is 6.15. The number of amides is 2. The first kappa shape index (κ1) is 13.5. The summed E-state index contributed by atoms with van der Waals surface area (Å²) in [5.74, 6) is -0.285. The predicted octanol–water partition coefficient (Wildman–Crippen LogP) is -0.0269. The second-order valence-electron chi connectivity index (χ2n) is 4.23. The topological polar surface area (TPSA) is 79.5 Å². The van der Waals surface area contributed by atoms with Gasteiger partial charge in [0.05, 0.1) is 13.2 Å². The molecule has 2 rings (SSSR count). The molecule has 1 aromatic carbocycles. The fraction of sp³-hybridized carbons (Fsp3) is 0.385. The van der Waals surface area contributed by atoms with Gasteiger partial charge in [-0.3, -0.25) is 9.59 Å². The first-order valence-electron chi connectivity index (χ1n) is 6.15. The standard InChI is InChI=1S/C13H17N3O3/c1-14-12(17)9-2-4-10(5-3-9)16-13(18)11-8-19-7-6-15-11/h2-5,11,15H,6-8H2,1H3,(H,14,17)(H,16,18). The highest BCUT2D eigenvalue weighted by atomic mass is 16.5. The Morgan fingerprint density at radius 1 is 1.32 bits per heavy atom. The average Bonchev–Trinajstić information content (AvgIpc) is 2.48. The summed E-state index contributed by atoms with van der Waals surface area (Å²) in [7, 11) is 1.58. The molecule has 6 heteroatoms. The Hall–Kier alpha value is -1.92. The summed E-state index contributed by atoms with van der Waals surface area (Å²) in [4.78, 5) is 23.3. The van der Waals surface area contributed by atoms with Crippen molar-refractivity contribution in [3.05, 3.63) is 29.8 Å². The number of anilines is 1. The number of carbonyl (C=O) groups is 2. The monoisotopic (exact) mass is 263 g/mol. The number of nitrogens with one attached hydrogen (secondary N) is 3. The van der Waals surface area contributed by atoms with Crippen LogP contribution < -0.4 is 16.0 Å². The van der Waals surface area contributed by atoms with Gasteiger partial charge in [-0.25, -0.2) is 0 Å². The molecule has 1 saturated heterocycles. The molecule has 3 N–H and O–H groups in total. The second kappa shape index (κ2) is 6.31. The third kappa shape index (κ3) is 3.52. The lowest BCUT2D eigenvalue weighted by molar-refractivity contribution is -0.120. The van der Waals surface area contributed by atoms with Gasteiger partial charge in [0, 0.05) is 24.8 Å². The van der Waals surface area contributed by atoms with Crippen molar-refractivity contribution in [3.63, 3.8) is 0 Å². The lowest BCUT2D eigenvalue weighted by atomic mass is 10.2. The molecule has 0 saturated carbocycles. The van der Waals surface area contributed by atoms with Gasteiger partial charge in [-0.15, -0.1) is 0 Å². The molecule has 2 amide bonds. The molecule has 1 aliphatic heterocycles. The van der Waals surface area contributed by atoms with Crippen LogP contribution in [-0.2, 0) is 9.53 Å². The minimum absolute atomic E-state index is 0.132. The van der Waals surface area contributed by atoms with E-state index >= 15 is 0 Å². The van der Waals surface area contributed by atoms with E-state index in [1.165, 1.54) is 0 Å². The van der Waals surface area contributed by atoms with E-state index in [0.29, 0.717) is 31.0 Å². The minimum atomic E-state index is -0.327. The number of rotatable bonds is 3. The lowest BCUT2D eigenvalue weighted by Gasteiger charge is -2.22. The maximum absolute atomic E-state index is 11.9. The number of morpholine rings is 1. The largest absolute Gasteiger partial charge is 0.378 e. The molecule has 6 nitrogen and oxygen atoms in total. The third-order valence-corrected chi connectivity index (χ3v) is 2.88. The van der Waals surface area contributed by atoms with Gasteiger partial charge >= 0.3 is 0 Å². The van der Waals surface area contributed by atoms with E-state index in [0.717, 1.165) is 0 Å². The molecule has 0 bridgehead atoms. The van der Waals surface area contributed by atoms with E-state index < -0.39 is 0 Å². The Morgan fingerprint density at radius 3 is 2.63 bits per heavy atom. The molecule has 1 unspecified atom stereocenters. The smallest absolute Gasteiger partial charge is 0.251 e. The molecule has 102 valence electrons. The molecule has 0 aliphatic carbocycles. The highest BCUT2D eigenvalue weighted by Gasteiger charge is 2.21. The van der Waals surface area contributed by atoms with Gasteiger partial charge in [0.15, 0.2) is 0 Å². The van der Waals surface area contributed by atoms with E-state index in [2.05, 4.69) is 16.0 Å². The Labute approximate surface area is 111 Å². The van der Waals surface area contributed by atoms with E-state index in [9.17, 15) is 9.59 Å². The molecule has 1 aromatic rings. The van der Waals surface area contributed by atoms with Crippen LogP contribution in [0, 0.1) is 0 Å². The zero-order chi connectivity index (χ0) is 13.7. The summed E-state index contributed by atoms with van der Waals surface area (Å²) in [5.41, 5.74) is 1.21. The summed E-state index contributed by atoms with van der Waals surface area (Å²) in [5, 5.41) is 8.40. The fourth-order valence-electron chi connectivity index (χ4n) is 1.81. The number of carbonyl (C=O) groups excluding carboxylic acids is 2. The Bertz CT molecular complexity index is 453. The van der Waals surface area contributed by atoms with Crippen LogP contribution in [0.3, 0.4) is 0 Å². The van der Waals surface area contributed by atoms with Gasteiger partial charge < -0.3 is 20.7 Å². The van der Waals surface area contributed by atoms with E-state index in [1.807, 2.05) is 0 Å². The van der Waals surface area contributed by atoms with Crippen molar-refractivity contribution >= 4 is 17.5 Å². The van der Waals surface area contributed by atoms with Crippen molar-refractivity contribution in [2.45, 2.75) is 6.04 Å². The van der Waals surface area contributed by atoms with E-state index in [4.69, 9.17) is 4.74 Å². The normalized spacial score (nSPS) is 18.7. The number of hydrogen-bond acceptors (Lipinski definition) is 4. The van der Waals surface area contributed by atoms with E-state index in [1.54, 1.807) is 31.3 Å². The van der Waals surface area contributed by atoms with Crippen molar-refractivity contribution in [3.8, 4) is 0 Å². The van der Waals surface area contributed by atoms with Gasteiger partial charge in [-0.05, 0) is 24.3 Å². The van der Waals surface area contributed by atoms with Crippen LogP contribution in [0.25, 0.3) is 0 Å². The average molecular weight is 263 g/mol. The second-order valence-corrected chi connectivity index (χ2v) is 4.23. The van der Waals surface area contributed by atoms with Crippen molar-refractivity contribution in [2.24, 2.45) is 0 Å². The van der Waals surface area contributed by atoms with Gasteiger partial charge in [0.1, 0.15) is 6.04 Å². The van der Waals surface area contributed by atoms with Gasteiger partial charge in [0.2, 0.25) is 5.91 Å². The summed E-state index contributed by atoms with van der Waals surface area (Å²) < 4.78 is 5.23. The van der Waals surface area contributed by atoms with E-state index in [-0.39, 0.29) is 17.9 Å². The minimum Gasteiger partial charge on any atom is -0.378 e. The molecule has 0 spiro atoms. The highest BCUT2D eigenvalue weighted by molar-refractivity contribution is 5.97. The van der Waals surface area contributed by atoms with Crippen molar-refractivity contribution in [2.75, 3.05) is 32.1 Å². The summed E-state index contributed by atoms with van der Waals surface area (Å²) in [6.45, 7) is 1.68. The van der Waals surface area contributed by atoms with Crippen LogP contribution in [0.2, 0.25) is 0 Å². The molecular formula is C13H17N3O3. The Kier molecular flexibility index (Phi) is 4.48. The summed E-state index contributed by atoms with van der Waals surface area (Å²) in [6.07, 6.45) is 0. The quantitative estimate of drug-likeness (QED) is 0.715. The third-order valence-electron chi connectivity index (χ3n) is 2.88. The molecule has 0 aromatic heterocycles. The molecule has 1 atom stereocenters. The summed E-state index contributed by atoms with van der Waals surface area (Å²) >= 11 is 0. The van der Waals surface area contributed by atoms with Crippen molar-refractivity contribution in [1.82, 2.24) is 10.6 Å². The Morgan fingerprint density at radius 2 is 2.05 bits per heavy atom. The molecule has 1 fully saturated rings. The van der Waals surface area contributed by atoms with Crippen molar-refractivity contribution in [1.29, 1.82) is 0 Å². The zero-order valence-corrected chi connectivity index (χ0v) is 10.7. The van der Waals surface area contributed by atoms with Gasteiger partial charge in [-0.2, -0.15) is 0 Å². The lowest BCUT2D eigenvalue weighted by Crippen LogP contribution is -2.48. The molecule has 19 heavy (non-hydrogen) atoms. The number of benzene rings is 1. The maximum atomic E-state index is 11.9. The van der Waals surface area contributed by atoms with Crippen LogP contribution in [0.5, 0.6) is 0 Å². The van der Waals surface area contributed by atoms with Crippen LogP contribution >= 0.6 is 0 Å². The molecular weight excluding hydrogens is 246 g/mol. The SMILES string of the molecule is CNC(=O)c1ccc(NC(=O)C2COCCN2)cc1. The number of hydrogen-bond donors (Lipinski definition) is 3. The van der Waals surface area contributed by atoms with Gasteiger partial charge in [-0.1, -0.05) is 0 Å². The van der Waals surface area contributed by atoms with Crippen LogP contribution in [-0.4, -0.2) is 44.7 Å². The van der Waals surface area contributed by atoms with Gasteiger partial charge in [0.25, 0.3) is 5.91 Å². The van der Waals surface area contributed by atoms with Crippen LogP contribution in [0.4, 0.5) is 5.69 Å². The Balaban J connectivity index is 1.95. The molecule has 1 heterocycles. The number of ether oxygens (including phenoxy) is 1. The predicted molar refractivity (Wildman–Crippen MR) is 71.1 cm³/mol. The zero-order valence-electron chi connectivity index (χ0n) is 10.7. The summed E-state index contributed by atoms with van der Waals surface area (Å²) in [6, 6.07) is 6.41.